The number of ketones is 1. The van der Waals surface area contributed by atoms with Crippen molar-refractivity contribution in [2.24, 2.45) is 0 Å². The molecule has 2 aromatic carbocycles. The third-order valence-corrected chi connectivity index (χ3v) is 4.36. The minimum absolute atomic E-state index is 0.175. The first-order chi connectivity index (χ1) is 11.2. The molecule has 0 bridgehead atoms. The van der Waals surface area contributed by atoms with E-state index in [2.05, 4.69) is 0 Å². The summed E-state index contributed by atoms with van der Waals surface area (Å²) in [5.41, 5.74) is 7.10. The van der Waals surface area contributed by atoms with Gasteiger partial charge in [0, 0.05) is 5.56 Å². The van der Waals surface area contributed by atoms with Crippen molar-refractivity contribution in [3.63, 3.8) is 0 Å². The molecule has 0 aliphatic rings. The standard InChI is InChI=1S/C21H24O3/c1-12-7-16(5)20(17(6)8-12)21(23)24-11-19(22)18-10-14(3)13(2)9-15(18)4/h7-10H,11H2,1-6H3. The van der Waals surface area contributed by atoms with Crippen LogP contribution in [-0.4, -0.2) is 18.4 Å². The number of carbonyl (C=O) groups excluding carboxylic acids is 2. The number of aryl methyl sites for hydroxylation is 6. The van der Waals surface area contributed by atoms with Crippen LogP contribution in [0.5, 0.6) is 0 Å². The highest BCUT2D eigenvalue weighted by molar-refractivity contribution is 6.01. The highest BCUT2D eigenvalue weighted by Crippen LogP contribution is 2.19. The maximum absolute atomic E-state index is 12.4. The van der Waals surface area contributed by atoms with Gasteiger partial charge in [-0.3, -0.25) is 4.79 Å². The van der Waals surface area contributed by atoms with E-state index in [1.54, 1.807) is 0 Å². The molecule has 0 fully saturated rings. The first-order valence-corrected chi connectivity index (χ1v) is 8.06. The van der Waals surface area contributed by atoms with E-state index in [0.717, 1.165) is 33.4 Å². The molecule has 24 heavy (non-hydrogen) atoms. The number of rotatable bonds is 4. The molecular formula is C21H24O3. The molecule has 0 saturated carbocycles. The van der Waals surface area contributed by atoms with Gasteiger partial charge in [0.15, 0.2) is 6.61 Å². The van der Waals surface area contributed by atoms with Crippen molar-refractivity contribution >= 4 is 11.8 Å². The summed E-state index contributed by atoms with van der Waals surface area (Å²) in [5.74, 6) is -0.619. The van der Waals surface area contributed by atoms with E-state index >= 15 is 0 Å². The predicted octanol–water partition coefficient (Wildman–Crippen LogP) is 4.58. The van der Waals surface area contributed by atoms with Gasteiger partial charge < -0.3 is 4.74 Å². The maximum atomic E-state index is 12.4. The van der Waals surface area contributed by atoms with Crippen LogP contribution in [0.2, 0.25) is 0 Å². The largest absolute Gasteiger partial charge is 0.454 e. The van der Waals surface area contributed by atoms with Crippen molar-refractivity contribution in [1.82, 2.24) is 0 Å². The lowest BCUT2D eigenvalue weighted by atomic mass is 9.98. The zero-order valence-electron chi connectivity index (χ0n) is 15.2. The summed E-state index contributed by atoms with van der Waals surface area (Å²) in [4.78, 5) is 24.8. The Hall–Kier alpha value is -2.42. The first kappa shape index (κ1) is 17.9. The third-order valence-electron chi connectivity index (χ3n) is 4.36. The van der Waals surface area contributed by atoms with Crippen molar-refractivity contribution < 1.29 is 14.3 Å². The van der Waals surface area contributed by atoms with Gasteiger partial charge in [0.05, 0.1) is 5.56 Å². The zero-order valence-corrected chi connectivity index (χ0v) is 15.2. The fourth-order valence-electron chi connectivity index (χ4n) is 3.04. The smallest absolute Gasteiger partial charge is 0.339 e. The number of hydrogen-bond donors (Lipinski definition) is 0. The molecule has 0 aromatic heterocycles. The van der Waals surface area contributed by atoms with Gasteiger partial charge in [0.25, 0.3) is 0 Å². The van der Waals surface area contributed by atoms with Gasteiger partial charge in [0.2, 0.25) is 5.78 Å². The van der Waals surface area contributed by atoms with Crippen molar-refractivity contribution in [1.29, 1.82) is 0 Å². The minimum Gasteiger partial charge on any atom is -0.454 e. The zero-order chi connectivity index (χ0) is 18.0. The van der Waals surface area contributed by atoms with Crippen LogP contribution >= 0.6 is 0 Å². The molecule has 0 radical (unpaired) electrons. The molecule has 0 atom stereocenters. The first-order valence-electron chi connectivity index (χ1n) is 8.06. The Balaban J connectivity index is 2.15. The molecule has 0 N–H and O–H groups in total. The van der Waals surface area contributed by atoms with Crippen LogP contribution in [0.4, 0.5) is 0 Å². The second-order valence-electron chi connectivity index (χ2n) is 6.52. The summed E-state index contributed by atoms with van der Waals surface area (Å²) in [6.45, 7) is 11.4. The Morgan fingerprint density at radius 3 is 1.88 bits per heavy atom. The lowest BCUT2D eigenvalue weighted by Gasteiger charge is -2.12. The van der Waals surface area contributed by atoms with Gasteiger partial charge in [-0.2, -0.15) is 0 Å². The Bertz CT molecular complexity index is 793. The van der Waals surface area contributed by atoms with Gasteiger partial charge in [-0.05, 0) is 75.4 Å². The summed E-state index contributed by atoms with van der Waals surface area (Å²) in [7, 11) is 0. The second kappa shape index (κ2) is 7.00. The van der Waals surface area contributed by atoms with E-state index < -0.39 is 5.97 Å². The van der Waals surface area contributed by atoms with Gasteiger partial charge in [-0.25, -0.2) is 4.79 Å². The van der Waals surface area contributed by atoms with Crippen molar-refractivity contribution in [2.45, 2.75) is 41.5 Å². The summed E-state index contributed by atoms with van der Waals surface area (Å²) in [5, 5.41) is 0. The van der Waals surface area contributed by atoms with Crippen molar-refractivity contribution in [3.05, 3.63) is 68.8 Å². The lowest BCUT2D eigenvalue weighted by molar-refractivity contribution is 0.0473. The van der Waals surface area contributed by atoms with E-state index in [9.17, 15) is 9.59 Å². The Kier molecular flexibility index (Phi) is 5.23. The molecule has 0 unspecified atom stereocenters. The number of hydrogen-bond acceptors (Lipinski definition) is 3. The average molecular weight is 324 g/mol. The highest BCUT2D eigenvalue weighted by atomic mass is 16.5. The van der Waals surface area contributed by atoms with E-state index in [-0.39, 0.29) is 12.4 Å². The van der Waals surface area contributed by atoms with Gasteiger partial charge in [0.1, 0.15) is 0 Å². The maximum Gasteiger partial charge on any atom is 0.339 e. The molecule has 3 heteroatoms. The van der Waals surface area contributed by atoms with Gasteiger partial charge >= 0.3 is 5.97 Å². The van der Waals surface area contributed by atoms with Gasteiger partial charge in [-0.1, -0.05) is 23.8 Å². The van der Waals surface area contributed by atoms with Crippen LogP contribution in [0.15, 0.2) is 24.3 Å². The number of ether oxygens (including phenoxy) is 1. The van der Waals surface area contributed by atoms with E-state index in [1.165, 1.54) is 0 Å². The van der Waals surface area contributed by atoms with Crippen LogP contribution in [0, 0.1) is 41.5 Å². The van der Waals surface area contributed by atoms with Crippen LogP contribution in [0.1, 0.15) is 54.1 Å². The molecule has 2 rings (SSSR count). The van der Waals surface area contributed by atoms with Crippen LogP contribution in [0.25, 0.3) is 0 Å². The Morgan fingerprint density at radius 1 is 0.750 bits per heavy atom. The quantitative estimate of drug-likeness (QED) is 0.611. The fourth-order valence-corrected chi connectivity index (χ4v) is 3.04. The molecule has 0 amide bonds. The summed E-state index contributed by atoms with van der Waals surface area (Å²) >= 11 is 0. The van der Waals surface area contributed by atoms with Crippen LogP contribution in [-0.2, 0) is 4.74 Å². The predicted molar refractivity (Wildman–Crippen MR) is 95.9 cm³/mol. The number of esters is 1. The lowest BCUT2D eigenvalue weighted by Crippen LogP contribution is -2.17. The van der Waals surface area contributed by atoms with Crippen molar-refractivity contribution in [3.8, 4) is 0 Å². The highest BCUT2D eigenvalue weighted by Gasteiger charge is 2.17. The van der Waals surface area contributed by atoms with Crippen LogP contribution < -0.4 is 0 Å². The number of benzene rings is 2. The summed E-state index contributed by atoms with van der Waals surface area (Å²) in [6, 6.07) is 7.74. The summed E-state index contributed by atoms with van der Waals surface area (Å²) < 4.78 is 5.28. The van der Waals surface area contributed by atoms with Crippen LogP contribution in [0.3, 0.4) is 0 Å². The SMILES string of the molecule is Cc1cc(C)c(C(=O)OCC(=O)c2cc(C)c(C)cc2C)c(C)c1. The molecule has 0 heterocycles. The summed E-state index contributed by atoms with van der Waals surface area (Å²) in [6.07, 6.45) is 0. The van der Waals surface area contributed by atoms with Gasteiger partial charge in [-0.15, -0.1) is 0 Å². The van der Waals surface area contributed by atoms with E-state index in [0.29, 0.717) is 11.1 Å². The average Bonchev–Trinajstić information content (AvgIpc) is 2.47. The van der Waals surface area contributed by atoms with E-state index in [4.69, 9.17) is 4.74 Å². The third kappa shape index (κ3) is 3.73. The monoisotopic (exact) mass is 324 g/mol. The fraction of sp³-hybridized carbons (Fsp3) is 0.333. The molecular weight excluding hydrogens is 300 g/mol. The molecule has 0 aliphatic carbocycles. The Labute approximate surface area is 143 Å². The van der Waals surface area contributed by atoms with Crippen molar-refractivity contribution in [2.75, 3.05) is 6.61 Å². The number of Topliss-reactive ketones (excluding diaryl/α,β-unsaturated/α-hetero) is 1. The Morgan fingerprint density at radius 2 is 1.29 bits per heavy atom. The molecule has 2 aromatic rings. The normalized spacial score (nSPS) is 10.6. The van der Waals surface area contributed by atoms with E-state index in [1.807, 2.05) is 65.8 Å². The second-order valence-corrected chi connectivity index (χ2v) is 6.52. The topological polar surface area (TPSA) is 43.4 Å². The molecule has 0 aliphatic heterocycles. The molecule has 0 spiro atoms. The molecule has 0 saturated heterocycles. The number of carbonyl (C=O) groups is 2. The minimum atomic E-state index is -0.445. The molecule has 126 valence electrons. The molecule has 3 nitrogen and oxygen atoms in total.